The summed E-state index contributed by atoms with van der Waals surface area (Å²) in [5.74, 6) is 1.33. The average molecular weight is 240 g/mol. The van der Waals surface area contributed by atoms with Crippen LogP contribution in [-0.4, -0.2) is 29.1 Å². The average Bonchev–Trinajstić information content (AvgIpc) is 2.23. The van der Waals surface area contributed by atoms with Gasteiger partial charge in [0.2, 0.25) is 5.91 Å². The van der Waals surface area contributed by atoms with E-state index in [1.807, 2.05) is 6.92 Å². The smallest absolute Gasteiger partial charge is 0.234 e. The first-order chi connectivity index (χ1) is 7.63. The molecule has 1 aromatic carbocycles. The SMILES string of the molecule is Cc1cc(O)ccc1NC(=O)CSCCN. The number of carbonyl (C=O) groups is 1. The van der Waals surface area contributed by atoms with Gasteiger partial charge in [-0.2, -0.15) is 11.8 Å². The maximum atomic E-state index is 11.5. The van der Waals surface area contributed by atoms with E-state index < -0.39 is 0 Å². The highest BCUT2D eigenvalue weighted by molar-refractivity contribution is 7.99. The summed E-state index contributed by atoms with van der Waals surface area (Å²) in [7, 11) is 0. The van der Waals surface area contributed by atoms with E-state index in [1.54, 1.807) is 18.2 Å². The number of nitrogens with two attached hydrogens (primary N) is 1. The van der Waals surface area contributed by atoms with Crippen molar-refractivity contribution in [1.29, 1.82) is 0 Å². The second-order valence-corrected chi connectivity index (χ2v) is 4.49. The van der Waals surface area contributed by atoms with E-state index in [1.165, 1.54) is 11.8 Å². The van der Waals surface area contributed by atoms with Crippen molar-refractivity contribution in [3.05, 3.63) is 23.8 Å². The quantitative estimate of drug-likeness (QED) is 0.536. The third-order valence-electron chi connectivity index (χ3n) is 1.98. The van der Waals surface area contributed by atoms with Gasteiger partial charge in [-0.3, -0.25) is 4.79 Å². The molecule has 5 heteroatoms. The zero-order chi connectivity index (χ0) is 12.0. The minimum Gasteiger partial charge on any atom is -0.508 e. The minimum atomic E-state index is -0.0489. The van der Waals surface area contributed by atoms with Crippen LogP contribution in [0.5, 0.6) is 5.75 Å². The minimum absolute atomic E-state index is 0.0489. The van der Waals surface area contributed by atoms with Crippen molar-refractivity contribution >= 4 is 23.4 Å². The molecule has 4 N–H and O–H groups in total. The van der Waals surface area contributed by atoms with Gasteiger partial charge in [-0.15, -0.1) is 0 Å². The summed E-state index contributed by atoms with van der Waals surface area (Å²) in [6.07, 6.45) is 0. The van der Waals surface area contributed by atoms with E-state index in [0.717, 1.165) is 17.0 Å². The van der Waals surface area contributed by atoms with Crippen LogP contribution in [0.2, 0.25) is 0 Å². The summed E-state index contributed by atoms with van der Waals surface area (Å²) < 4.78 is 0. The summed E-state index contributed by atoms with van der Waals surface area (Å²) in [5.41, 5.74) is 6.90. The molecule has 0 aromatic heterocycles. The van der Waals surface area contributed by atoms with Crippen molar-refractivity contribution in [2.45, 2.75) is 6.92 Å². The van der Waals surface area contributed by atoms with E-state index >= 15 is 0 Å². The zero-order valence-electron chi connectivity index (χ0n) is 9.19. The molecule has 88 valence electrons. The molecular weight excluding hydrogens is 224 g/mol. The Hall–Kier alpha value is -1.20. The molecule has 0 aliphatic rings. The molecule has 0 spiro atoms. The maximum Gasteiger partial charge on any atom is 0.234 e. The van der Waals surface area contributed by atoms with Gasteiger partial charge in [0.25, 0.3) is 0 Å². The van der Waals surface area contributed by atoms with Crippen molar-refractivity contribution in [3.8, 4) is 5.75 Å². The fourth-order valence-electron chi connectivity index (χ4n) is 1.22. The molecule has 0 radical (unpaired) electrons. The monoisotopic (exact) mass is 240 g/mol. The largest absolute Gasteiger partial charge is 0.508 e. The van der Waals surface area contributed by atoms with Gasteiger partial charge >= 0.3 is 0 Å². The Labute approximate surface area is 99.2 Å². The highest BCUT2D eigenvalue weighted by Gasteiger charge is 2.04. The van der Waals surface area contributed by atoms with Gasteiger partial charge < -0.3 is 16.2 Å². The second kappa shape index (κ2) is 6.40. The van der Waals surface area contributed by atoms with Gasteiger partial charge in [0.15, 0.2) is 0 Å². The summed E-state index contributed by atoms with van der Waals surface area (Å²) in [6, 6.07) is 4.86. The van der Waals surface area contributed by atoms with Crippen LogP contribution in [0.25, 0.3) is 0 Å². The number of hydrogen-bond donors (Lipinski definition) is 3. The Morgan fingerprint density at radius 1 is 1.56 bits per heavy atom. The first-order valence-corrected chi connectivity index (χ1v) is 6.16. The van der Waals surface area contributed by atoms with Crippen LogP contribution < -0.4 is 11.1 Å². The normalized spacial score (nSPS) is 10.1. The third-order valence-corrected chi connectivity index (χ3v) is 2.97. The fraction of sp³-hybridized carbons (Fsp3) is 0.364. The number of benzene rings is 1. The molecule has 0 bridgehead atoms. The van der Waals surface area contributed by atoms with Gasteiger partial charge in [-0.25, -0.2) is 0 Å². The number of hydrogen-bond acceptors (Lipinski definition) is 4. The van der Waals surface area contributed by atoms with Crippen LogP contribution in [0.1, 0.15) is 5.56 Å². The number of aromatic hydroxyl groups is 1. The molecule has 0 aliphatic heterocycles. The van der Waals surface area contributed by atoms with Gasteiger partial charge in [0, 0.05) is 18.0 Å². The van der Waals surface area contributed by atoms with Gasteiger partial charge in [0.05, 0.1) is 5.75 Å². The molecule has 0 fully saturated rings. The molecule has 1 rings (SSSR count). The molecule has 1 aromatic rings. The van der Waals surface area contributed by atoms with Crippen LogP contribution in [0.15, 0.2) is 18.2 Å². The highest BCUT2D eigenvalue weighted by atomic mass is 32.2. The zero-order valence-corrected chi connectivity index (χ0v) is 10.0. The molecule has 1 amide bonds. The number of phenols is 1. The van der Waals surface area contributed by atoms with E-state index in [2.05, 4.69) is 5.32 Å². The van der Waals surface area contributed by atoms with Crippen LogP contribution in [0.4, 0.5) is 5.69 Å². The van der Waals surface area contributed by atoms with Gasteiger partial charge in [0.1, 0.15) is 5.75 Å². The lowest BCUT2D eigenvalue weighted by atomic mass is 10.2. The topological polar surface area (TPSA) is 75.3 Å². The predicted molar refractivity (Wildman–Crippen MR) is 67.9 cm³/mol. The number of carbonyl (C=O) groups excluding carboxylic acids is 1. The number of rotatable bonds is 5. The van der Waals surface area contributed by atoms with Crippen molar-refractivity contribution in [2.24, 2.45) is 5.73 Å². The van der Waals surface area contributed by atoms with E-state index in [9.17, 15) is 9.90 Å². The molecule has 0 heterocycles. The maximum absolute atomic E-state index is 11.5. The summed E-state index contributed by atoms with van der Waals surface area (Å²) in [4.78, 5) is 11.5. The van der Waals surface area contributed by atoms with Crippen LogP contribution >= 0.6 is 11.8 Å². The van der Waals surface area contributed by atoms with Crippen molar-refractivity contribution < 1.29 is 9.90 Å². The Bertz CT molecular complexity index is 369. The molecule has 4 nitrogen and oxygen atoms in total. The molecule has 0 aliphatic carbocycles. The number of anilines is 1. The van der Waals surface area contributed by atoms with Crippen LogP contribution in [0, 0.1) is 6.92 Å². The lowest BCUT2D eigenvalue weighted by molar-refractivity contribution is -0.113. The van der Waals surface area contributed by atoms with Crippen molar-refractivity contribution in [2.75, 3.05) is 23.4 Å². The number of phenolic OH excluding ortho intramolecular Hbond substituents is 1. The van der Waals surface area contributed by atoms with Crippen molar-refractivity contribution in [1.82, 2.24) is 0 Å². The van der Waals surface area contributed by atoms with Gasteiger partial charge in [-0.05, 0) is 30.7 Å². The Morgan fingerprint density at radius 2 is 2.31 bits per heavy atom. The molecule has 0 saturated carbocycles. The van der Waals surface area contributed by atoms with Crippen LogP contribution in [-0.2, 0) is 4.79 Å². The second-order valence-electron chi connectivity index (χ2n) is 3.39. The molecule has 0 unspecified atom stereocenters. The third kappa shape index (κ3) is 4.12. The number of amides is 1. The number of aryl methyl sites for hydroxylation is 1. The molecule has 0 saturated heterocycles. The van der Waals surface area contributed by atoms with E-state index in [0.29, 0.717) is 12.3 Å². The van der Waals surface area contributed by atoms with E-state index in [4.69, 9.17) is 5.73 Å². The standard InChI is InChI=1S/C11H16N2O2S/c1-8-6-9(14)2-3-10(8)13-11(15)7-16-5-4-12/h2-3,6,14H,4-5,7,12H2,1H3,(H,13,15). The van der Waals surface area contributed by atoms with Crippen molar-refractivity contribution in [3.63, 3.8) is 0 Å². The van der Waals surface area contributed by atoms with Crippen LogP contribution in [0.3, 0.4) is 0 Å². The van der Waals surface area contributed by atoms with Gasteiger partial charge in [-0.1, -0.05) is 0 Å². The van der Waals surface area contributed by atoms with E-state index in [-0.39, 0.29) is 11.7 Å². The Morgan fingerprint density at radius 3 is 2.94 bits per heavy atom. The summed E-state index contributed by atoms with van der Waals surface area (Å²) in [6.45, 7) is 2.42. The Balaban J connectivity index is 2.49. The summed E-state index contributed by atoms with van der Waals surface area (Å²) >= 11 is 1.50. The first kappa shape index (κ1) is 12.9. The number of nitrogens with one attached hydrogen (secondary N) is 1. The summed E-state index contributed by atoms with van der Waals surface area (Å²) in [5, 5.41) is 12.0. The molecular formula is C11H16N2O2S. The molecule has 0 atom stereocenters. The highest BCUT2D eigenvalue weighted by Crippen LogP contribution is 2.20. The first-order valence-electron chi connectivity index (χ1n) is 5.00. The fourth-order valence-corrected chi connectivity index (χ4v) is 1.79. The lowest BCUT2D eigenvalue weighted by Gasteiger charge is -2.08. The predicted octanol–water partition coefficient (Wildman–Crippen LogP) is 1.33. The Kier molecular flexibility index (Phi) is 5.14. The lowest BCUT2D eigenvalue weighted by Crippen LogP contribution is -2.16. The number of thioether (sulfide) groups is 1. The molecule has 16 heavy (non-hydrogen) atoms.